The fraction of sp³-hybridized carbons (Fsp3) is 0.647. The van der Waals surface area contributed by atoms with Gasteiger partial charge in [0.25, 0.3) is 0 Å². The largest absolute Gasteiger partial charge is 0.354 e. The zero-order chi connectivity index (χ0) is 16.2. The van der Waals surface area contributed by atoms with E-state index in [1.165, 1.54) is 0 Å². The maximum atomic E-state index is 12.6. The minimum atomic E-state index is 0. The van der Waals surface area contributed by atoms with Gasteiger partial charge in [0.2, 0.25) is 5.91 Å². The number of nitrogens with zero attached hydrogens (tertiary/aromatic N) is 4. The highest BCUT2D eigenvalue weighted by molar-refractivity contribution is 5.85. The number of aromatic nitrogens is 1. The number of piperazine rings is 2. The van der Waals surface area contributed by atoms with E-state index in [1.807, 2.05) is 29.3 Å². The Morgan fingerprint density at radius 3 is 2.52 bits per heavy atom. The third-order valence-corrected chi connectivity index (χ3v) is 5.06. The van der Waals surface area contributed by atoms with Gasteiger partial charge >= 0.3 is 0 Å². The highest BCUT2D eigenvalue weighted by Crippen LogP contribution is 2.14. The molecule has 1 aromatic heterocycles. The van der Waals surface area contributed by atoms with E-state index in [0.29, 0.717) is 12.6 Å². The summed E-state index contributed by atoms with van der Waals surface area (Å²) in [6, 6.07) is 6.64. The number of carbonyl (C=O) groups is 1. The fourth-order valence-corrected chi connectivity index (χ4v) is 3.37. The van der Waals surface area contributed by atoms with E-state index in [4.69, 9.17) is 0 Å². The molecule has 2 unspecified atom stereocenters. The molecular weight excluding hydrogens is 361 g/mol. The van der Waals surface area contributed by atoms with Gasteiger partial charge in [-0.3, -0.25) is 9.69 Å². The summed E-state index contributed by atoms with van der Waals surface area (Å²) in [6.07, 6.45) is 1.83. The lowest BCUT2D eigenvalue weighted by molar-refractivity contribution is -0.136. The van der Waals surface area contributed by atoms with Crippen LogP contribution >= 0.6 is 24.8 Å². The number of halogens is 2. The molecule has 8 heteroatoms. The Labute approximate surface area is 162 Å². The molecule has 6 nitrogen and oxygen atoms in total. The lowest BCUT2D eigenvalue weighted by Crippen LogP contribution is -2.59. The van der Waals surface area contributed by atoms with E-state index in [-0.39, 0.29) is 36.8 Å². The summed E-state index contributed by atoms with van der Waals surface area (Å²) in [4.78, 5) is 23.6. The van der Waals surface area contributed by atoms with Crippen molar-refractivity contribution in [3.8, 4) is 0 Å². The topological polar surface area (TPSA) is 51.7 Å². The molecule has 25 heavy (non-hydrogen) atoms. The molecule has 2 atom stereocenters. The molecule has 3 heterocycles. The van der Waals surface area contributed by atoms with Gasteiger partial charge < -0.3 is 15.1 Å². The first-order valence-electron chi connectivity index (χ1n) is 8.56. The maximum Gasteiger partial charge on any atom is 0.237 e. The Kier molecular flexibility index (Phi) is 8.93. The number of hydrogen-bond donors (Lipinski definition) is 1. The molecule has 1 amide bonds. The second-order valence-corrected chi connectivity index (χ2v) is 6.52. The molecule has 1 aromatic rings. The van der Waals surface area contributed by atoms with Crippen molar-refractivity contribution in [2.24, 2.45) is 0 Å². The van der Waals surface area contributed by atoms with Gasteiger partial charge in [-0.1, -0.05) is 6.07 Å². The highest BCUT2D eigenvalue weighted by atomic mass is 35.5. The molecule has 2 fully saturated rings. The van der Waals surface area contributed by atoms with Crippen LogP contribution in [0.4, 0.5) is 5.82 Å². The van der Waals surface area contributed by atoms with Crippen LogP contribution in [-0.2, 0) is 4.79 Å². The van der Waals surface area contributed by atoms with Crippen LogP contribution in [0.15, 0.2) is 24.4 Å². The zero-order valence-electron chi connectivity index (χ0n) is 14.9. The van der Waals surface area contributed by atoms with Crippen molar-refractivity contribution in [2.75, 3.05) is 50.7 Å². The first-order chi connectivity index (χ1) is 11.1. The highest BCUT2D eigenvalue weighted by Gasteiger charge is 2.29. The Morgan fingerprint density at radius 1 is 1.16 bits per heavy atom. The Hall–Kier alpha value is -1.08. The number of hydrogen-bond acceptors (Lipinski definition) is 5. The van der Waals surface area contributed by atoms with Crippen molar-refractivity contribution >= 4 is 36.5 Å². The van der Waals surface area contributed by atoms with E-state index >= 15 is 0 Å². The standard InChI is InChI=1S/C17H27N5O.2ClH/c1-14-15(2)22(8-7-18-14)17(23)13-20-9-11-21(12-10-20)16-5-3-4-6-19-16;;/h3-6,14-15,18H,7-13H2,1-2H3;2*1H. The minimum absolute atomic E-state index is 0. The third-order valence-electron chi connectivity index (χ3n) is 5.06. The van der Waals surface area contributed by atoms with Crippen LogP contribution in [-0.4, -0.2) is 78.6 Å². The monoisotopic (exact) mass is 389 g/mol. The van der Waals surface area contributed by atoms with Crippen LogP contribution in [0.25, 0.3) is 0 Å². The van der Waals surface area contributed by atoms with Crippen LogP contribution in [0.1, 0.15) is 13.8 Å². The Balaban J connectivity index is 0.00000156. The lowest BCUT2D eigenvalue weighted by atomic mass is 10.1. The summed E-state index contributed by atoms with van der Waals surface area (Å²) in [5.74, 6) is 1.29. The van der Waals surface area contributed by atoms with E-state index < -0.39 is 0 Å². The van der Waals surface area contributed by atoms with Crippen LogP contribution < -0.4 is 10.2 Å². The lowest BCUT2D eigenvalue weighted by Gasteiger charge is -2.41. The normalized spacial score (nSPS) is 24.2. The summed E-state index contributed by atoms with van der Waals surface area (Å²) < 4.78 is 0. The summed E-state index contributed by atoms with van der Waals surface area (Å²) in [6.45, 7) is 10.2. The van der Waals surface area contributed by atoms with Gasteiger partial charge in [-0.25, -0.2) is 4.98 Å². The summed E-state index contributed by atoms with van der Waals surface area (Å²) >= 11 is 0. The molecule has 3 rings (SSSR count). The van der Waals surface area contributed by atoms with Crippen LogP contribution in [0.5, 0.6) is 0 Å². The van der Waals surface area contributed by atoms with Crippen molar-refractivity contribution < 1.29 is 4.79 Å². The van der Waals surface area contributed by atoms with Crippen LogP contribution in [0, 0.1) is 0 Å². The van der Waals surface area contributed by atoms with Crippen molar-refractivity contribution in [1.82, 2.24) is 20.1 Å². The van der Waals surface area contributed by atoms with Crippen molar-refractivity contribution in [2.45, 2.75) is 25.9 Å². The average molecular weight is 390 g/mol. The quantitative estimate of drug-likeness (QED) is 0.842. The van der Waals surface area contributed by atoms with Crippen LogP contribution in [0.2, 0.25) is 0 Å². The summed E-state index contributed by atoms with van der Waals surface area (Å²) in [5.41, 5.74) is 0. The fourth-order valence-electron chi connectivity index (χ4n) is 3.37. The molecule has 142 valence electrons. The van der Waals surface area contributed by atoms with E-state index in [9.17, 15) is 4.79 Å². The number of anilines is 1. The number of carbonyl (C=O) groups excluding carboxylic acids is 1. The van der Waals surface area contributed by atoms with Gasteiger partial charge in [0.1, 0.15) is 5.82 Å². The second-order valence-electron chi connectivity index (χ2n) is 6.52. The van der Waals surface area contributed by atoms with E-state index in [2.05, 4.69) is 33.9 Å². The molecule has 2 saturated heterocycles. The Bertz CT molecular complexity index is 525. The van der Waals surface area contributed by atoms with E-state index in [0.717, 1.165) is 45.1 Å². The SMILES string of the molecule is CC1NCCN(C(=O)CN2CCN(c3ccccn3)CC2)C1C.Cl.Cl. The number of nitrogens with one attached hydrogen (secondary N) is 1. The molecule has 2 aliphatic heterocycles. The smallest absolute Gasteiger partial charge is 0.237 e. The molecule has 1 N–H and O–H groups in total. The summed E-state index contributed by atoms with van der Waals surface area (Å²) in [5, 5.41) is 3.42. The van der Waals surface area contributed by atoms with Gasteiger partial charge in [-0.2, -0.15) is 0 Å². The predicted octanol–water partition coefficient (Wildman–Crippen LogP) is 1.26. The average Bonchev–Trinajstić information content (AvgIpc) is 2.59. The van der Waals surface area contributed by atoms with E-state index in [1.54, 1.807) is 0 Å². The molecule has 2 aliphatic rings. The molecule has 0 aromatic carbocycles. The van der Waals surface area contributed by atoms with Crippen molar-refractivity contribution in [1.29, 1.82) is 0 Å². The number of pyridine rings is 1. The molecule has 0 aliphatic carbocycles. The van der Waals surface area contributed by atoms with Crippen molar-refractivity contribution in [3.63, 3.8) is 0 Å². The first kappa shape index (κ1) is 22.0. The molecule has 0 saturated carbocycles. The predicted molar refractivity (Wildman–Crippen MR) is 106 cm³/mol. The minimum Gasteiger partial charge on any atom is -0.354 e. The van der Waals surface area contributed by atoms with Gasteiger partial charge in [0, 0.05) is 57.5 Å². The van der Waals surface area contributed by atoms with Gasteiger partial charge in [-0.05, 0) is 26.0 Å². The van der Waals surface area contributed by atoms with Gasteiger partial charge in [0.15, 0.2) is 0 Å². The van der Waals surface area contributed by atoms with Gasteiger partial charge in [-0.15, -0.1) is 24.8 Å². The molecule has 0 radical (unpaired) electrons. The summed E-state index contributed by atoms with van der Waals surface area (Å²) in [7, 11) is 0. The molecular formula is C17H29Cl2N5O. The number of rotatable bonds is 3. The van der Waals surface area contributed by atoms with Crippen molar-refractivity contribution in [3.05, 3.63) is 24.4 Å². The third kappa shape index (κ3) is 5.45. The Morgan fingerprint density at radius 2 is 1.88 bits per heavy atom. The molecule has 0 spiro atoms. The number of amides is 1. The van der Waals surface area contributed by atoms with Crippen LogP contribution in [0.3, 0.4) is 0 Å². The first-order valence-corrected chi connectivity index (χ1v) is 8.56. The maximum absolute atomic E-state index is 12.6. The zero-order valence-corrected chi connectivity index (χ0v) is 16.6. The molecule has 0 bridgehead atoms. The van der Waals surface area contributed by atoms with Gasteiger partial charge in [0.05, 0.1) is 6.54 Å². The second kappa shape index (κ2) is 10.2.